The summed E-state index contributed by atoms with van der Waals surface area (Å²) in [4.78, 5) is 11.4. The molecule has 18 heavy (non-hydrogen) atoms. The summed E-state index contributed by atoms with van der Waals surface area (Å²) in [6.07, 6.45) is 3.51. The van der Waals surface area contributed by atoms with Crippen LogP contribution >= 0.6 is 0 Å². The van der Waals surface area contributed by atoms with Gasteiger partial charge < -0.3 is 9.47 Å². The second-order valence-electron chi connectivity index (χ2n) is 4.15. The van der Waals surface area contributed by atoms with E-state index >= 15 is 0 Å². The van der Waals surface area contributed by atoms with Crippen LogP contribution in [0.15, 0.2) is 23.3 Å². The lowest BCUT2D eigenvalue weighted by atomic mass is 10.2. The molecule has 1 amide bonds. The van der Waals surface area contributed by atoms with Crippen molar-refractivity contribution in [3.8, 4) is 11.5 Å². The first-order valence-electron chi connectivity index (χ1n) is 5.79. The molecule has 0 atom stereocenters. The van der Waals surface area contributed by atoms with E-state index in [0.717, 1.165) is 18.4 Å². The zero-order valence-electron chi connectivity index (χ0n) is 10.5. The molecule has 1 N–H and O–H groups in total. The first-order valence-corrected chi connectivity index (χ1v) is 5.79. The molecule has 0 spiro atoms. The van der Waals surface area contributed by atoms with Crippen LogP contribution < -0.4 is 14.9 Å². The fourth-order valence-electron chi connectivity index (χ4n) is 1.51. The van der Waals surface area contributed by atoms with Gasteiger partial charge in [-0.15, -0.1) is 0 Å². The van der Waals surface area contributed by atoms with E-state index in [2.05, 4.69) is 10.5 Å². The Morgan fingerprint density at radius 1 is 1.28 bits per heavy atom. The zero-order valence-corrected chi connectivity index (χ0v) is 10.5. The Labute approximate surface area is 106 Å². The molecule has 1 fully saturated rings. The molecule has 0 bridgehead atoms. The van der Waals surface area contributed by atoms with Gasteiger partial charge in [0.15, 0.2) is 0 Å². The normalized spacial score (nSPS) is 14.6. The molecule has 96 valence electrons. The summed E-state index contributed by atoms with van der Waals surface area (Å²) in [5.74, 6) is 1.51. The Kier molecular flexibility index (Phi) is 3.82. The van der Waals surface area contributed by atoms with Gasteiger partial charge in [0.2, 0.25) is 5.91 Å². The third-order valence-corrected chi connectivity index (χ3v) is 2.71. The first kappa shape index (κ1) is 12.4. The lowest BCUT2D eigenvalue weighted by Gasteiger charge is -2.05. The molecule has 5 heteroatoms. The molecule has 1 aliphatic rings. The van der Waals surface area contributed by atoms with Crippen LogP contribution in [0, 0.1) is 5.92 Å². The van der Waals surface area contributed by atoms with E-state index in [0.29, 0.717) is 11.5 Å². The van der Waals surface area contributed by atoms with Gasteiger partial charge in [-0.1, -0.05) is 0 Å². The molecular weight excluding hydrogens is 232 g/mol. The lowest BCUT2D eigenvalue weighted by molar-refractivity contribution is -0.122. The summed E-state index contributed by atoms with van der Waals surface area (Å²) in [5.41, 5.74) is 3.32. The van der Waals surface area contributed by atoms with Crippen LogP contribution in [0.3, 0.4) is 0 Å². The fourth-order valence-corrected chi connectivity index (χ4v) is 1.51. The van der Waals surface area contributed by atoms with Gasteiger partial charge >= 0.3 is 0 Å². The summed E-state index contributed by atoms with van der Waals surface area (Å²) in [7, 11) is 3.18. The molecule has 0 aromatic heterocycles. The summed E-state index contributed by atoms with van der Waals surface area (Å²) < 4.78 is 10.3. The lowest BCUT2D eigenvalue weighted by Crippen LogP contribution is -2.18. The number of nitrogens with zero attached hydrogens (tertiary/aromatic N) is 1. The molecule has 0 saturated heterocycles. The number of hydrogen-bond donors (Lipinski definition) is 1. The monoisotopic (exact) mass is 248 g/mol. The minimum absolute atomic E-state index is 0.0129. The average molecular weight is 248 g/mol. The quantitative estimate of drug-likeness (QED) is 0.635. The highest BCUT2D eigenvalue weighted by Gasteiger charge is 2.29. The standard InChI is InChI=1S/C13H16N2O3/c1-17-11-5-9(6-12(7-11)18-2)8-14-15-13(16)10-3-4-10/h5-8,10H,3-4H2,1-2H3,(H,15,16)/b14-8-. The molecule has 0 heterocycles. The number of hydrogen-bond acceptors (Lipinski definition) is 4. The highest BCUT2D eigenvalue weighted by atomic mass is 16.5. The molecule has 0 radical (unpaired) electrons. The van der Waals surface area contributed by atoms with E-state index in [1.807, 2.05) is 12.1 Å². The summed E-state index contributed by atoms with van der Waals surface area (Å²) >= 11 is 0. The zero-order chi connectivity index (χ0) is 13.0. The van der Waals surface area contributed by atoms with Crippen molar-refractivity contribution >= 4 is 12.1 Å². The van der Waals surface area contributed by atoms with Gasteiger partial charge in [-0.25, -0.2) is 5.43 Å². The largest absolute Gasteiger partial charge is 0.497 e. The van der Waals surface area contributed by atoms with E-state index in [4.69, 9.17) is 9.47 Å². The maximum absolute atomic E-state index is 11.4. The number of methoxy groups -OCH3 is 2. The number of benzene rings is 1. The first-order chi connectivity index (χ1) is 8.72. The molecule has 5 nitrogen and oxygen atoms in total. The van der Waals surface area contributed by atoms with Gasteiger partial charge in [0, 0.05) is 17.5 Å². The van der Waals surface area contributed by atoms with Crippen LogP contribution in [0.25, 0.3) is 0 Å². The number of carbonyl (C=O) groups is 1. The van der Waals surface area contributed by atoms with Gasteiger partial charge in [-0.05, 0) is 25.0 Å². The van der Waals surface area contributed by atoms with Crippen molar-refractivity contribution < 1.29 is 14.3 Å². The molecular formula is C13H16N2O3. The number of hydrazone groups is 1. The number of amides is 1. The number of ether oxygens (including phenoxy) is 2. The van der Waals surface area contributed by atoms with Crippen molar-refractivity contribution in [2.24, 2.45) is 11.0 Å². The van der Waals surface area contributed by atoms with Crippen LogP contribution in [-0.4, -0.2) is 26.3 Å². The number of carbonyl (C=O) groups excluding carboxylic acids is 1. The van der Waals surface area contributed by atoms with Crippen molar-refractivity contribution in [3.05, 3.63) is 23.8 Å². The van der Waals surface area contributed by atoms with Crippen molar-refractivity contribution in [2.75, 3.05) is 14.2 Å². The van der Waals surface area contributed by atoms with Crippen LogP contribution in [0.2, 0.25) is 0 Å². The summed E-state index contributed by atoms with van der Waals surface area (Å²) in [6, 6.07) is 5.41. The predicted octanol–water partition coefficient (Wildman–Crippen LogP) is 1.56. The Morgan fingerprint density at radius 3 is 2.39 bits per heavy atom. The van der Waals surface area contributed by atoms with Crippen LogP contribution in [0.1, 0.15) is 18.4 Å². The minimum atomic E-state index is -0.0129. The fraction of sp³-hybridized carbons (Fsp3) is 0.385. The van der Waals surface area contributed by atoms with Gasteiger partial charge in [0.05, 0.1) is 20.4 Å². The van der Waals surface area contributed by atoms with E-state index in [1.54, 1.807) is 26.5 Å². The average Bonchev–Trinajstić information content (AvgIpc) is 3.22. The smallest absolute Gasteiger partial charge is 0.243 e. The van der Waals surface area contributed by atoms with Crippen molar-refractivity contribution in [1.29, 1.82) is 0 Å². The molecule has 0 unspecified atom stereocenters. The molecule has 1 saturated carbocycles. The van der Waals surface area contributed by atoms with E-state index < -0.39 is 0 Å². The Hall–Kier alpha value is -2.04. The van der Waals surface area contributed by atoms with Gasteiger partial charge in [-0.2, -0.15) is 5.10 Å². The van der Waals surface area contributed by atoms with E-state index in [9.17, 15) is 4.79 Å². The Balaban J connectivity index is 2.02. The maximum atomic E-state index is 11.4. The van der Waals surface area contributed by atoms with Crippen LogP contribution in [-0.2, 0) is 4.79 Å². The summed E-state index contributed by atoms with van der Waals surface area (Å²) in [6.45, 7) is 0. The SMILES string of the molecule is COc1cc(/C=N\NC(=O)C2CC2)cc(OC)c1. The Bertz CT molecular complexity index is 445. The van der Waals surface area contributed by atoms with E-state index in [1.165, 1.54) is 0 Å². The van der Waals surface area contributed by atoms with Crippen LogP contribution in [0.4, 0.5) is 0 Å². The third-order valence-electron chi connectivity index (χ3n) is 2.71. The highest BCUT2D eigenvalue weighted by Crippen LogP contribution is 2.28. The Morgan fingerprint density at radius 2 is 1.89 bits per heavy atom. The number of rotatable bonds is 5. The van der Waals surface area contributed by atoms with Gasteiger partial charge in [0.1, 0.15) is 11.5 Å². The summed E-state index contributed by atoms with van der Waals surface area (Å²) in [5, 5.41) is 3.92. The van der Waals surface area contributed by atoms with Crippen LogP contribution in [0.5, 0.6) is 11.5 Å². The maximum Gasteiger partial charge on any atom is 0.243 e. The van der Waals surface area contributed by atoms with Crippen molar-refractivity contribution in [1.82, 2.24) is 5.43 Å². The predicted molar refractivity (Wildman–Crippen MR) is 68.0 cm³/mol. The van der Waals surface area contributed by atoms with E-state index in [-0.39, 0.29) is 11.8 Å². The van der Waals surface area contributed by atoms with Gasteiger partial charge in [0.25, 0.3) is 0 Å². The topological polar surface area (TPSA) is 59.9 Å². The molecule has 1 aromatic rings. The molecule has 1 aliphatic carbocycles. The minimum Gasteiger partial charge on any atom is -0.497 e. The highest BCUT2D eigenvalue weighted by molar-refractivity contribution is 5.85. The van der Waals surface area contributed by atoms with Crippen molar-refractivity contribution in [3.63, 3.8) is 0 Å². The number of nitrogens with one attached hydrogen (secondary N) is 1. The van der Waals surface area contributed by atoms with Crippen molar-refractivity contribution in [2.45, 2.75) is 12.8 Å². The second kappa shape index (κ2) is 5.53. The third kappa shape index (κ3) is 3.23. The molecule has 1 aromatic carbocycles. The molecule has 0 aliphatic heterocycles. The van der Waals surface area contributed by atoms with Gasteiger partial charge in [-0.3, -0.25) is 4.79 Å². The second-order valence-corrected chi connectivity index (χ2v) is 4.15. The molecule has 2 rings (SSSR count).